The second-order valence-electron chi connectivity index (χ2n) is 3.43. The number of carbonyl (C=O) groups is 2. The van der Waals surface area contributed by atoms with Crippen molar-refractivity contribution in [2.45, 2.75) is 19.0 Å². The second-order valence-corrected chi connectivity index (χ2v) is 3.43. The van der Waals surface area contributed by atoms with Gasteiger partial charge in [-0.2, -0.15) is 13.2 Å². The number of rotatable bonds is 3. The fourth-order valence-electron chi connectivity index (χ4n) is 1.42. The van der Waals surface area contributed by atoms with E-state index in [0.29, 0.717) is 0 Å². The molecule has 0 saturated carbocycles. The van der Waals surface area contributed by atoms with E-state index in [9.17, 15) is 27.2 Å². The lowest BCUT2D eigenvalue weighted by Crippen LogP contribution is -2.33. The van der Waals surface area contributed by atoms with E-state index in [4.69, 9.17) is 0 Å². The Hall–Kier alpha value is -1.72. The molecule has 1 unspecified atom stereocenters. The summed E-state index contributed by atoms with van der Waals surface area (Å²) in [6.45, 7) is 0.820. The first-order valence-corrected chi connectivity index (χ1v) is 4.61. The van der Waals surface area contributed by atoms with Crippen LogP contribution in [0.15, 0.2) is 24.3 Å². The van der Waals surface area contributed by atoms with Crippen molar-refractivity contribution in [3.8, 4) is 0 Å². The number of Topliss-reactive ketones (excluding diaryl/α,β-unsaturated/α-hetero) is 2. The largest absolute Gasteiger partial charge is 0.451 e. The van der Waals surface area contributed by atoms with Crippen LogP contribution in [0.3, 0.4) is 0 Å². The normalized spacial score (nSPS) is 13.2. The Balaban J connectivity index is 3.25. The van der Waals surface area contributed by atoms with Gasteiger partial charge in [0.25, 0.3) is 5.78 Å². The first-order chi connectivity index (χ1) is 7.75. The Labute approximate surface area is 94.2 Å². The molecule has 0 radical (unpaired) electrons. The highest BCUT2D eigenvalue weighted by atomic mass is 19.4. The zero-order valence-corrected chi connectivity index (χ0v) is 8.72. The molecule has 0 saturated heterocycles. The van der Waals surface area contributed by atoms with E-state index in [0.717, 1.165) is 19.1 Å². The van der Waals surface area contributed by atoms with Crippen LogP contribution in [0.4, 0.5) is 17.6 Å². The van der Waals surface area contributed by atoms with Gasteiger partial charge in [-0.05, 0) is 13.0 Å². The first-order valence-electron chi connectivity index (χ1n) is 4.61. The zero-order chi connectivity index (χ0) is 13.2. The predicted octanol–water partition coefficient (Wildman–Crippen LogP) is 2.63. The number of benzene rings is 1. The summed E-state index contributed by atoms with van der Waals surface area (Å²) in [5.74, 6) is -6.44. The smallest absolute Gasteiger partial charge is 0.299 e. The van der Waals surface area contributed by atoms with Crippen molar-refractivity contribution in [3.63, 3.8) is 0 Å². The molecule has 1 rings (SSSR count). The second kappa shape index (κ2) is 4.65. The molecule has 0 aliphatic carbocycles. The van der Waals surface area contributed by atoms with Crippen LogP contribution < -0.4 is 0 Å². The molecule has 0 aliphatic rings. The highest BCUT2D eigenvalue weighted by Crippen LogP contribution is 2.29. The molecule has 0 heterocycles. The molecule has 0 aromatic heterocycles. The number of alkyl halides is 3. The first kappa shape index (κ1) is 13.3. The van der Waals surface area contributed by atoms with E-state index in [-0.39, 0.29) is 0 Å². The summed E-state index contributed by atoms with van der Waals surface area (Å²) in [7, 11) is 0. The Morgan fingerprint density at radius 2 is 1.71 bits per heavy atom. The van der Waals surface area contributed by atoms with Gasteiger partial charge in [-0.3, -0.25) is 9.59 Å². The van der Waals surface area contributed by atoms with Crippen LogP contribution in [-0.2, 0) is 9.59 Å². The number of halogens is 4. The van der Waals surface area contributed by atoms with Gasteiger partial charge in [0, 0.05) is 5.56 Å². The van der Waals surface area contributed by atoms with Crippen molar-refractivity contribution >= 4 is 11.6 Å². The van der Waals surface area contributed by atoms with Crippen LogP contribution in [0.5, 0.6) is 0 Å². The number of carbonyl (C=O) groups excluding carboxylic acids is 2. The lowest BCUT2D eigenvalue weighted by atomic mass is 9.90. The van der Waals surface area contributed by atoms with Gasteiger partial charge in [0.1, 0.15) is 17.5 Å². The van der Waals surface area contributed by atoms with Crippen molar-refractivity contribution in [1.82, 2.24) is 0 Å². The number of hydrogen-bond acceptors (Lipinski definition) is 2. The molecule has 17 heavy (non-hydrogen) atoms. The van der Waals surface area contributed by atoms with Crippen molar-refractivity contribution < 1.29 is 27.2 Å². The van der Waals surface area contributed by atoms with Crippen molar-refractivity contribution in [3.05, 3.63) is 35.6 Å². The van der Waals surface area contributed by atoms with E-state index >= 15 is 0 Å². The third kappa shape index (κ3) is 2.89. The molecular weight excluding hydrogens is 240 g/mol. The van der Waals surface area contributed by atoms with Crippen molar-refractivity contribution in [2.75, 3.05) is 0 Å². The summed E-state index contributed by atoms with van der Waals surface area (Å²) in [4.78, 5) is 22.1. The van der Waals surface area contributed by atoms with E-state index in [1.54, 1.807) is 0 Å². The molecule has 92 valence electrons. The minimum Gasteiger partial charge on any atom is -0.299 e. The molecule has 0 N–H and O–H groups in total. The molecule has 0 fully saturated rings. The van der Waals surface area contributed by atoms with Crippen molar-refractivity contribution in [1.29, 1.82) is 0 Å². The Bertz CT molecular complexity index is 451. The van der Waals surface area contributed by atoms with Gasteiger partial charge >= 0.3 is 6.18 Å². The average molecular weight is 248 g/mol. The van der Waals surface area contributed by atoms with Gasteiger partial charge in [-0.25, -0.2) is 4.39 Å². The molecule has 2 nitrogen and oxygen atoms in total. The van der Waals surface area contributed by atoms with E-state index < -0.39 is 35.0 Å². The minimum atomic E-state index is -5.17. The summed E-state index contributed by atoms with van der Waals surface area (Å²) in [6.07, 6.45) is -5.17. The molecule has 6 heteroatoms. The third-order valence-electron chi connectivity index (χ3n) is 2.16. The van der Waals surface area contributed by atoms with Crippen LogP contribution in [0.2, 0.25) is 0 Å². The Morgan fingerprint density at radius 3 is 2.12 bits per heavy atom. The topological polar surface area (TPSA) is 34.1 Å². The summed E-state index contributed by atoms with van der Waals surface area (Å²) in [6, 6.07) is 4.41. The predicted molar refractivity (Wildman–Crippen MR) is 50.9 cm³/mol. The molecule has 0 spiro atoms. The molecule has 1 aromatic rings. The molecule has 1 aromatic carbocycles. The minimum absolute atomic E-state index is 0.553. The number of ketones is 2. The molecule has 1 atom stereocenters. The molecule has 0 amide bonds. The van der Waals surface area contributed by atoms with Gasteiger partial charge in [0.05, 0.1) is 0 Å². The lowest BCUT2D eigenvalue weighted by molar-refractivity contribution is -0.173. The van der Waals surface area contributed by atoms with Crippen LogP contribution >= 0.6 is 0 Å². The van der Waals surface area contributed by atoms with Crippen LogP contribution in [0.25, 0.3) is 0 Å². The third-order valence-corrected chi connectivity index (χ3v) is 2.16. The lowest BCUT2D eigenvalue weighted by Gasteiger charge is -2.15. The standard InChI is InChI=1S/C11H8F4O2/c1-6(16)9(10(17)11(13,14)15)7-4-2-3-5-8(7)12/h2-5,9H,1H3. The zero-order valence-electron chi connectivity index (χ0n) is 8.72. The van der Waals surface area contributed by atoms with Crippen molar-refractivity contribution in [2.24, 2.45) is 0 Å². The highest BCUT2D eigenvalue weighted by Gasteiger charge is 2.46. The summed E-state index contributed by atoms with van der Waals surface area (Å²) in [5, 5.41) is 0. The van der Waals surface area contributed by atoms with Crippen LogP contribution in [0.1, 0.15) is 18.4 Å². The van der Waals surface area contributed by atoms with Crippen LogP contribution in [0, 0.1) is 5.82 Å². The van der Waals surface area contributed by atoms with E-state index in [1.807, 2.05) is 0 Å². The highest BCUT2D eigenvalue weighted by molar-refractivity contribution is 6.08. The molecule has 0 aliphatic heterocycles. The van der Waals surface area contributed by atoms with Gasteiger partial charge in [0.15, 0.2) is 0 Å². The maximum absolute atomic E-state index is 13.3. The maximum Gasteiger partial charge on any atom is 0.451 e. The maximum atomic E-state index is 13.3. The van der Waals surface area contributed by atoms with Gasteiger partial charge in [-0.15, -0.1) is 0 Å². The average Bonchev–Trinajstić information content (AvgIpc) is 2.19. The van der Waals surface area contributed by atoms with Gasteiger partial charge in [-0.1, -0.05) is 18.2 Å². The van der Waals surface area contributed by atoms with Gasteiger partial charge < -0.3 is 0 Å². The monoisotopic (exact) mass is 248 g/mol. The van der Waals surface area contributed by atoms with Gasteiger partial charge in [0.2, 0.25) is 0 Å². The van der Waals surface area contributed by atoms with E-state index in [2.05, 4.69) is 0 Å². The molecular formula is C11H8F4O2. The van der Waals surface area contributed by atoms with Crippen LogP contribution in [-0.4, -0.2) is 17.7 Å². The Morgan fingerprint density at radius 1 is 1.18 bits per heavy atom. The number of hydrogen-bond donors (Lipinski definition) is 0. The SMILES string of the molecule is CC(=O)C(C(=O)C(F)(F)F)c1ccccc1F. The quantitative estimate of drug-likeness (QED) is 0.608. The summed E-state index contributed by atoms with van der Waals surface area (Å²) >= 11 is 0. The Kier molecular flexibility index (Phi) is 3.65. The molecule has 0 bridgehead atoms. The fourth-order valence-corrected chi connectivity index (χ4v) is 1.42. The van der Waals surface area contributed by atoms with E-state index in [1.165, 1.54) is 12.1 Å². The summed E-state index contributed by atoms with van der Waals surface area (Å²) in [5.41, 5.74) is -0.553. The fraction of sp³-hybridized carbons (Fsp3) is 0.273. The summed E-state index contributed by atoms with van der Waals surface area (Å²) < 4.78 is 50.0.